The highest BCUT2D eigenvalue weighted by Gasteiger charge is 2.35. The van der Waals surface area contributed by atoms with E-state index in [2.05, 4.69) is 30.1 Å². The summed E-state index contributed by atoms with van der Waals surface area (Å²) in [6, 6.07) is 8.13. The molecule has 1 spiro atoms. The molecule has 3 heterocycles. The van der Waals surface area contributed by atoms with Gasteiger partial charge >= 0.3 is 0 Å². The van der Waals surface area contributed by atoms with Crippen LogP contribution in [0.4, 0.5) is 0 Å². The number of amides is 1. The summed E-state index contributed by atoms with van der Waals surface area (Å²) in [5.41, 5.74) is 0.843. The molecule has 0 aliphatic carbocycles. The van der Waals surface area contributed by atoms with E-state index in [-0.39, 0.29) is 11.5 Å². The van der Waals surface area contributed by atoms with E-state index in [1.54, 1.807) is 6.20 Å². The summed E-state index contributed by atoms with van der Waals surface area (Å²) in [7, 11) is 0. The van der Waals surface area contributed by atoms with Crippen LogP contribution >= 0.6 is 0 Å². The minimum Gasteiger partial charge on any atom is -0.483 e. The molecule has 2 aliphatic heterocycles. The molecular weight excluding hydrogens is 326 g/mol. The second-order valence-electron chi connectivity index (χ2n) is 7.10. The second kappa shape index (κ2) is 6.98. The second-order valence-corrected chi connectivity index (χ2v) is 7.10. The molecule has 1 fully saturated rings. The predicted molar refractivity (Wildman–Crippen MR) is 101 cm³/mol. The predicted octanol–water partition coefficient (Wildman–Crippen LogP) is 3.30. The summed E-state index contributed by atoms with van der Waals surface area (Å²) in [5, 5.41) is 0. The van der Waals surface area contributed by atoms with Crippen LogP contribution in [0.1, 0.15) is 37.6 Å². The van der Waals surface area contributed by atoms with E-state index in [4.69, 9.17) is 4.74 Å². The highest BCUT2D eigenvalue weighted by molar-refractivity contribution is 5.76. The van der Waals surface area contributed by atoms with Crippen molar-refractivity contribution in [2.24, 2.45) is 0 Å². The molecule has 0 radical (unpaired) electrons. The van der Waals surface area contributed by atoms with E-state index >= 15 is 0 Å². The number of hydrogen-bond acceptors (Lipinski definition) is 3. The van der Waals surface area contributed by atoms with Gasteiger partial charge in [-0.1, -0.05) is 31.2 Å². The minimum absolute atomic E-state index is 0.162. The summed E-state index contributed by atoms with van der Waals surface area (Å²) in [5.74, 6) is 2.07. The van der Waals surface area contributed by atoms with Crippen LogP contribution in [-0.2, 0) is 17.8 Å². The number of nitrogens with zero attached hydrogens (tertiary/aromatic N) is 3. The molecule has 1 amide bonds. The van der Waals surface area contributed by atoms with Crippen LogP contribution in [-0.4, -0.2) is 39.0 Å². The largest absolute Gasteiger partial charge is 0.483 e. The Hall–Kier alpha value is -2.56. The first-order valence-corrected chi connectivity index (χ1v) is 9.44. The molecule has 2 aromatic rings. The van der Waals surface area contributed by atoms with E-state index in [1.807, 2.05) is 33.9 Å². The summed E-state index contributed by atoms with van der Waals surface area (Å²) in [6.07, 6.45) is 11.6. The number of ether oxygens (including phenoxy) is 1. The van der Waals surface area contributed by atoms with Gasteiger partial charge in [0.2, 0.25) is 5.91 Å². The number of aromatic nitrogens is 2. The Kier molecular flexibility index (Phi) is 4.53. The zero-order valence-corrected chi connectivity index (χ0v) is 15.2. The highest BCUT2D eigenvalue weighted by atomic mass is 16.5. The lowest BCUT2D eigenvalue weighted by Crippen LogP contribution is -2.39. The third kappa shape index (κ3) is 3.26. The van der Waals surface area contributed by atoms with Crippen molar-refractivity contribution in [3.63, 3.8) is 0 Å². The highest BCUT2D eigenvalue weighted by Crippen LogP contribution is 2.36. The van der Waals surface area contributed by atoms with Crippen LogP contribution in [0.3, 0.4) is 0 Å². The van der Waals surface area contributed by atoms with Crippen LogP contribution in [0, 0.1) is 0 Å². The van der Waals surface area contributed by atoms with E-state index < -0.39 is 0 Å². The van der Waals surface area contributed by atoms with Crippen molar-refractivity contribution in [3.05, 3.63) is 54.1 Å². The lowest BCUT2D eigenvalue weighted by atomic mass is 9.91. The Morgan fingerprint density at radius 2 is 2.15 bits per heavy atom. The molecule has 5 nitrogen and oxygen atoms in total. The molecule has 5 heteroatoms. The standard InChI is InChI=1S/C21H25N3O2/c1-2-19-22-12-15-24(19)16-20(25)23-13-5-9-21(11-14-23)10-8-17-6-3-4-7-18(17)26-21/h3-4,6-8,10,12,15H,2,5,9,11,13-14,16H2,1H3/t21-/m1/s1. The Morgan fingerprint density at radius 1 is 1.27 bits per heavy atom. The molecule has 0 bridgehead atoms. The first-order chi connectivity index (χ1) is 12.7. The number of para-hydroxylation sites is 1. The first kappa shape index (κ1) is 16.9. The number of hydrogen-bond donors (Lipinski definition) is 0. The molecule has 1 aromatic carbocycles. The fraction of sp³-hybridized carbons (Fsp3) is 0.429. The van der Waals surface area contributed by atoms with Crippen LogP contribution in [0.15, 0.2) is 42.7 Å². The zero-order chi connectivity index (χ0) is 18.0. The van der Waals surface area contributed by atoms with E-state index in [1.165, 1.54) is 0 Å². The Morgan fingerprint density at radius 3 is 3.04 bits per heavy atom. The van der Waals surface area contributed by atoms with Gasteiger partial charge in [-0.05, 0) is 25.0 Å². The van der Waals surface area contributed by atoms with Gasteiger partial charge in [0.15, 0.2) is 0 Å². The maximum absolute atomic E-state index is 12.8. The first-order valence-electron chi connectivity index (χ1n) is 9.44. The van der Waals surface area contributed by atoms with Crippen molar-refractivity contribution in [2.75, 3.05) is 13.1 Å². The third-order valence-electron chi connectivity index (χ3n) is 5.41. The number of rotatable bonds is 3. The van der Waals surface area contributed by atoms with Crippen molar-refractivity contribution >= 4 is 12.0 Å². The van der Waals surface area contributed by atoms with Crippen molar-refractivity contribution in [1.82, 2.24) is 14.5 Å². The lowest BCUT2D eigenvalue weighted by Gasteiger charge is -2.34. The van der Waals surface area contributed by atoms with Gasteiger partial charge in [0.25, 0.3) is 0 Å². The van der Waals surface area contributed by atoms with Crippen molar-refractivity contribution in [2.45, 2.75) is 44.8 Å². The van der Waals surface area contributed by atoms with Crippen molar-refractivity contribution in [1.29, 1.82) is 0 Å². The van der Waals surface area contributed by atoms with Crippen LogP contribution in [0.2, 0.25) is 0 Å². The number of carbonyl (C=O) groups is 1. The minimum atomic E-state index is -0.285. The number of carbonyl (C=O) groups excluding carboxylic acids is 1. The molecule has 2 aliphatic rings. The quantitative estimate of drug-likeness (QED) is 0.852. The molecule has 1 saturated heterocycles. The number of imidazole rings is 1. The molecule has 0 unspecified atom stereocenters. The monoisotopic (exact) mass is 351 g/mol. The van der Waals surface area contributed by atoms with Crippen LogP contribution < -0.4 is 4.74 Å². The van der Waals surface area contributed by atoms with E-state index in [9.17, 15) is 4.79 Å². The normalized spacial score (nSPS) is 22.0. The zero-order valence-electron chi connectivity index (χ0n) is 15.2. The smallest absolute Gasteiger partial charge is 0.242 e. The Balaban J connectivity index is 1.43. The van der Waals surface area contributed by atoms with Gasteiger partial charge in [-0.3, -0.25) is 4.79 Å². The average Bonchev–Trinajstić information content (AvgIpc) is 3.01. The molecule has 26 heavy (non-hydrogen) atoms. The number of benzene rings is 1. The van der Waals surface area contributed by atoms with Gasteiger partial charge in [0.1, 0.15) is 23.7 Å². The van der Waals surface area contributed by atoms with Crippen molar-refractivity contribution in [3.8, 4) is 5.75 Å². The van der Waals surface area contributed by atoms with Crippen LogP contribution in [0.5, 0.6) is 5.75 Å². The van der Waals surface area contributed by atoms with Gasteiger partial charge in [0, 0.05) is 43.9 Å². The summed E-state index contributed by atoms with van der Waals surface area (Å²) < 4.78 is 8.33. The third-order valence-corrected chi connectivity index (χ3v) is 5.41. The number of likely N-dealkylation sites (tertiary alicyclic amines) is 1. The maximum Gasteiger partial charge on any atom is 0.242 e. The van der Waals surface area contributed by atoms with Crippen molar-refractivity contribution < 1.29 is 9.53 Å². The van der Waals surface area contributed by atoms with Gasteiger partial charge < -0.3 is 14.2 Å². The Labute approximate surface area is 154 Å². The van der Waals surface area contributed by atoms with Gasteiger partial charge in [0.05, 0.1) is 0 Å². The summed E-state index contributed by atoms with van der Waals surface area (Å²) in [4.78, 5) is 19.1. The molecule has 136 valence electrons. The van der Waals surface area contributed by atoms with E-state index in [0.29, 0.717) is 6.54 Å². The summed E-state index contributed by atoms with van der Waals surface area (Å²) >= 11 is 0. The number of fused-ring (bicyclic) bond motifs is 1. The molecular formula is C21H25N3O2. The average molecular weight is 351 g/mol. The molecule has 4 rings (SSSR count). The maximum atomic E-state index is 12.8. The lowest BCUT2D eigenvalue weighted by molar-refractivity contribution is -0.131. The fourth-order valence-corrected chi connectivity index (χ4v) is 3.90. The molecule has 0 N–H and O–H groups in total. The summed E-state index contributed by atoms with van der Waals surface area (Å²) in [6.45, 7) is 3.94. The topological polar surface area (TPSA) is 47.4 Å². The molecule has 1 atom stereocenters. The van der Waals surface area contributed by atoms with Gasteiger partial charge in [-0.2, -0.15) is 0 Å². The SMILES string of the molecule is CCc1nccn1CC(=O)N1CCC[C@@]2(C=Cc3ccccc3O2)CC1. The fourth-order valence-electron chi connectivity index (χ4n) is 3.90. The molecule has 0 saturated carbocycles. The molecule has 1 aromatic heterocycles. The van der Waals surface area contributed by atoms with E-state index in [0.717, 1.165) is 55.9 Å². The van der Waals surface area contributed by atoms with Crippen LogP contribution in [0.25, 0.3) is 6.08 Å². The Bertz CT molecular complexity index is 826. The number of aryl methyl sites for hydroxylation is 1. The van der Waals surface area contributed by atoms with Gasteiger partial charge in [-0.25, -0.2) is 4.98 Å². The van der Waals surface area contributed by atoms with Gasteiger partial charge in [-0.15, -0.1) is 0 Å².